The fourth-order valence-electron chi connectivity index (χ4n) is 5.79. The second-order valence-corrected chi connectivity index (χ2v) is 8.20. The maximum Gasteiger partial charge on any atom is 0.166 e. The van der Waals surface area contributed by atoms with Gasteiger partial charge in [-0.1, -0.05) is 18.6 Å². The van der Waals surface area contributed by atoms with Gasteiger partial charge in [-0.2, -0.15) is 0 Å². The molecule has 118 valence electrons. The van der Waals surface area contributed by atoms with E-state index in [9.17, 15) is 14.7 Å². The van der Waals surface area contributed by atoms with Crippen LogP contribution < -0.4 is 0 Å². The summed E-state index contributed by atoms with van der Waals surface area (Å²) in [5, 5.41) is 10.9. The number of carbonyl (C=O) groups excluding carboxylic acids is 2. The van der Waals surface area contributed by atoms with E-state index in [4.69, 9.17) is 0 Å². The van der Waals surface area contributed by atoms with Gasteiger partial charge in [-0.25, -0.2) is 0 Å². The van der Waals surface area contributed by atoms with E-state index in [1.165, 1.54) is 11.1 Å². The molecule has 0 saturated heterocycles. The Kier molecular flexibility index (Phi) is 2.88. The van der Waals surface area contributed by atoms with Gasteiger partial charge in [0.25, 0.3) is 0 Å². The van der Waals surface area contributed by atoms with Gasteiger partial charge in [0.15, 0.2) is 5.78 Å². The summed E-state index contributed by atoms with van der Waals surface area (Å²) in [7, 11) is 0. The van der Waals surface area contributed by atoms with Crippen molar-refractivity contribution in [3.05, 3.63) is 23.3 Å². The largest absolute Gasteiger partial charge is 0.392 e. The van der Waals surface area contributed by atoms with Crippen molar-refractivity contribution in [3.8, 4) is 0 Å². The maximum absolute atomic E-state index is 12.3. The summed E-state index contributed by atoms with van der Waals surface area (Å²) in [5.41, 5.74) is 1.97. The van der Waals surface area contributed by atoms with Gasteiger partial charge >= 0.3 is 0 Å². The van der Waals surface area contributed by atoms with Gasteiger partial charge in [0.1, 0.15) is 5.78 Å². The average Bonchev–Trinajstić information content (AvgIpc) is 2.75. The molecule has 0 heterocycles. The molecule has 4 aliphatic rings. The van der Waals surface area contributed by atoms with Crippen molar-refractivity contribution in [1.29, 1.82) is 0 Å². The Morgan fingerprint density at radius 2 is 1.95 bits per heavy atom. The van der Waals surface area contributed by atoms with Crippen molar-refractivity contribution in [3.63, 3.8) is 0 Å². The van der Waals surface area contributed by atoms with Crippen LogP contribution in [0.15, 0.2) is 23.3 Å². The van der Waals surface area contributed by atoms with E-state index >= 15 is 0 Å². The van der Waals surface area contributed by atoms with E-state index < -0.39 is 11.5 Å². The van der Waals surface area contributed by atoms with Crippen LogP contribution in [0.2, 0.25) is 0 Å². The first kappa shape index (κ1) is 14.4. The molecule has 4 aliphatic carbocycles. The normalized spacial score (nSPS) is 47.3. The molecule has 0 spiro atoms. The lowest BCUT2D eigenvalue weighted by Gasteiger charge is -2.56. The van der Waals surface area contributed by atoms with Gasteiger partial charge in [0.2, 0.25) is 0 Å². The van der Waals surface area contributed by atoms with E-state index in [0.717, 1.165) is 19.3 Å². The number of ketones is 2. The molecule has 3 heteroatoms. The first-order valence-corrected chi connectivity index (χ1v) is 8.52. The Bertz CT molecular complexity index is 629. The fraction of sp³-hybridized carbons (Fsp3) is 0.684. The van der Waals surface area contributed by atoms with Crippen molar-refractivity contribution >= 4 is 11.6 Å². The van der Waals surface area contributed by atoms with Gasteiger partial charge in [-0.05, 0) is 55.6 Å². The van der Waals surface area contributed by atoms with Crippen LogP contribution >= 0.6 is 0 Å². The number of aliphatic hydroxyl groups is 1. The second kappa shape index (κ2) is 4.41. The van der Waals surface area contributed by atoms with Crippen LogP contribution in [-0.4, -0.2) is 22.8 Å². The molecule has 2 unspecified atom stereocenters. The van der Waals surface area contributed by atoms with Gasteiger partial charge < -0.3 is 5.11 Å². The molecule has 0 aromatic heterocycles. The van der Waals surface area contributed by atoms with Crippen LogP contribution in [0, 0.1) is 22.7 Å². The highest BCUT2D eigenvalue weighted by molar-refractivity contribution is 6.01. The molecule has 1 N–H and O–H groups in total. The summed E-state index contributed by atoms with van der Waals surface area (Å²) in [4.78, 5) is 24.1. The number of hydrogen-bond acceptors (Lipinski definition) is 3. The molecule has 0 aromatic rings. The lowest BCUT2D eigenvalue weighted by molar-refractivity contribution is -0.132. The molecule has 2 fully saturated rings. The molecule has 0 aromatic carbocycles. The third kappa shape index (κ3) is 1.66. The lowest BCUT2D eigenvalue weighted by atomic mass is 9.49. The van der Waals surface area contributed by atoms with Gasteiger partial charge in [0.05, 0.1) is 11.5 Å². The van der Waals surface area contributed by atoms with Crippen molar-refractivity contribution < 1.29 is 14.7 Å². The van der Waals surface area contributed by atoms with Crippen LogP contribution in [0.3, 0.4) is 0 Å². The average molecular weight is 300 g/mol. The van der Waals surface area contributed by atoms with Crippen molar-refractivity contribution in [2.24, 2.45) is 22.7 Å². The second-order valence-electron chi connectivity index (χ2n) is 8.20. The van der Waals surface area contributed by atoms with Crippen molar-refractivity contribution in [1.82, 2.24) is 0 Å². The van der Waals surface area contributed by atoms with E-state index in [-0.39, 0.29) is 17.1 Å². The molecule has 0 amide bonds. The Hall–Kier alpha value is -1.22. The van der Waals surface area contributed by atoms with Crippen molar-refractivity contribution in [2.45, 2.75) is 58.5 Å². The Morgan fingerprint density at radius 1 is 1.18 bits per heavy atom. The molecule has 5 atom stereocenters. The van der Waals surface area contributed by atoms with E-state index in [0.29, 0.717) is 31.0 Å². The summed E-state index contributed by atoms with van der Waals surface area (Å²) >= 11 is 0. The number of Topliss-reactive ketones (excluding diaryl/α,β-unsaturated/α-hetero) is 1. The zero-order chi connectivity index (χ0) is 15.7. The highest BCUT2D eigenvalue weighted by Gasteiger charge is 2.57. The van der Waals surface area contributed by atoms with E-state index in [1.54, 1.807) is 6.08 Å². The summed E-state index contributed by atoms with van der Waals surface area (Å²) in [6.45, 7) is 4.25. The predicted molar refractivity (Wildman–Crippen MR) is 83.1 cm³/mol. The number of carbonyl (C=O) groups is 2. The minimum atomic E-state index is -0.515. The predicted octanol–water partition coefficient (Wildman–Crippen LogP) is 2.98. The monoisotopic (exact) mass is 300 g/mol. The van der Waals surface area contributed by atoms with Gasteiger partial charge in [0, 0.05) is 18.8 Å². The molecule has 3 nitrogen and oxygen atoms in total. The van der Waals surface area contributed by atoms with Crippen LogP contribution in [-0.2, 0) is 9.59 Å². The standard InChI is InChI=1S/C19H24O3/c1-18-8-7-12(20)9-11(18)3-4-13-14-5-6-16(22)19(14,2)10-15(21)17(13)18/h5-6,11,15,17,21H,3-4,7-10H2,1-2H3/t11?,15?,17-,18+,19+/m1/s1. The zero-order valence-electron chi connectivity index (χ0n) is 13.4. The number of aliphatic hydroxyl groups excluding tert-OH is 1. The first-order valence-electron chi connectivity index (χ1n) is 8.52. The summed E-state index contributed by atoms with van der Waals surface area (Å²) < 4.78 is 0. The lowest BCUT2D eigenvalue weighted by Crippen LogP contribution is -2.53. The fourth-order valence-corrected chi connectivity index (χ4v) is 5.79. The number of rotatable bonds is 0. The third-order valence-electron chi connectivity index (χ3n) is 7.09. The topological polar surface area (TPSA) is 54.4 Å². The highest BCUT2D eigenvalue weighted by Crippen LogP contribution is 2.61. The number of fused-ring (bicyclic) bond motifs is 4. The SMILES string of the molecule is C[C@]12CC(O)[C@H]3C(=C1C=CC2=O)CCC1CC(=O)CC[C@@]13C. The molecule has 22 heavy (non-hydrogen) atoms. The van der Waals surface area contributed by atoms with Crippen LogP contribution in [0.4, 0.5) is 0 Å². The van der Waals surface area contributed by atoms with Crippen LogP contribution in [0.25, 0.3) is 0 Å². The Labute approximate surface area is 131 Å². The summed E-state index contributed by atoms with van der Waals surface area (Å²) in [6.07, 6.45) is 7.89. The minimum absolute atomic E-state index is 0.00865. The Morgan fingerprint density at radius 3 is 2.73 bits per heavy atom. The molecular formula is C19H24O3. The van der Waals surface area contributed by atoms with E-state index in [1.807, 2.05) is 13.0 Å². The number of hydrogen-bond donors (Lipinski definition) is 1. The third-order valence-corrected chi connectivity index (χ3v) is 7.09. The molecule has 4 rings (SSSR count). The first-order chi connectivity index (χ1) is 10.4. The Balaban J connectivity index is 1.82. The summed E-state index contributed by atoms with van der Waals surface area (Å²) in [5.74, 6) is 1.03. The zero-order valence-corrected chi connectivity index (χ0v) is 13.4. The van der Waals surface area contributed by atoms with Gasteiger partial charge in [-0.15, -0.1) is 0 Å². The molecule has 2 saturated carbocycles. The smallest absolute Gasteiger partial charge is 0.166 e. The minimum Gasteiger partial charge on any atom is -0.392 e. The summed E-state index contributed by atoms with van der Waals surface area (Å²) in [6, 6.07) is 0. The molecular weight excluding hydrogens is 276 g/mol. The van der Waals surface area contributed by atoms with Gasteiger partial charge in [-0.3, -0.25) is 9.59 Å². The highest BCUT2D eigenvalue weighted by atomic mass is 16.3. The number of allylic oxidation sites excluding steroid dienone is 3. The quantitative estimate of drug-likeness (QED) is 0.748. The molecule has 0 aliphatic heterocycles. The van der Waals surface area contributed by atoms with E-state index in [2.05, 4.69) is 6.92 Å². The maximum atomic E-state index is 12.3. The molecule has 0 bridgehead atoms. The van der Waals surface area contributed by atoms with Crippen LogP contribution in [0.1, 0.15) is 52.4 Å². The van der Waals surface area contributed by atoms with Crippen LogP contribution in [0.5, 0.6) is 0 Å². The molecule has 0 radical (unpaired) electrons. The van der Waals surface area contributed by atoms with Crippen molar-refractivity contribution in [2.75, 3.05) is 0 Å².